The molecule has 2 aromatic rings. The fourth-order valence-electron chi connectivity index (χ4n) is 3.04. The largest absolute Gasteiger partial charge is 0.335 e. The number of aromatic amines is 1. The van der Waals surface area contributed by atoms with Crippen LogP contribution in [0.1, 0.15) is 56.5 Å². The molecule has 2 amide bonds. The van der Waals surface area contributed by atoms with Gasteiger partial charge in [0.1, 0.15) is 5.82 Å². The van der Waals surface area contributed by atoms with Gasteiger partial charge >= 0.3 is 6.03 Å². The number of rotatable bonds is 4. The van der Waals surface area contributed by atoms with E-state index < -0.39 is 0 Å². The van der Waals surface area contributed by atoms with Crippen LogP contribution in [0.5, 0.6) is 0 Å². The van der Waals surface area contributed by atoms with Gasteiger partial charge in [-0.1, -0.05) is 49.1 Å². The van der Waals surface area contributed by atoms with Crippen LogP contribution >= 0.6 is 0 Å². The van der Waals surface area contributed by atoms with Gasteiger partial charge in [-0.3, -0.25) is 5.10 Å². The molecule has 0 bridgehead atoms. The second kappa shape index (κ2) is 7.47. The molecule has 0 aliphatic heterocycles. The molecule has 6 nitrogen and oxygen atoms in total. The molecule has 1 atom stereocenters. The van der Waals surface area contributed by atoms with Gasteiger partial charge in [-0.05, 0) is 26.7 Å². The van der Waals surface area contributed by atoms with Crippen molar-refractivity contribution >= 4 is 6.03 Å². The summed E-state index contributed by atoms with van der Waals surface area (Å²) in [6.45, 7) is 3.95. The lowest BCUT2D eigenvalue weighted by Crippen LogP contribution is -2.43. The van der Waals surface area contributed by atoms with Crippen LogP contribution in [0.4, 0.5) is 4.79 Å². The van der Waals surface area contributed by atoms with Gasteiger partial charge < -0.3 is 10.6 Å². The number of hydrogen-bond acceptors (Lipinski definition) is 3. The first kappa shape index (κ1) is 16.5. The molecule has 0 spiro atoms. The Morgan fingerprint density at radius 3 is 2.62 bits per heavy atom. The van der Waals surface area contributed by atoms with Crippen LogP contribution in [0.2, 0.25) is 0 Å². The number of carbonyl (C=O) groups is 1. The highest BCUT2D eigenvalue weighted by molar-refractivity contribution is 5.74. The Morgan fingerprint density at radius 2 is 1.92 bits per heavy atom. The van der Waals surface area contributed by atoms with Gasteiger partial charge in [-0.2, -0.15) is 5.10 Å². The zero-order valence-electron chi connectivity index (χ0n) is 14.3. The lowest BCUT2D eigenvalue weighted by atomic mass is 9.96. The van der Waals surface area contributed by atoms with Crippen molar-refractivity contribution in [3.8, 4) is 11.4 Å². The predicted octanol–water partition coefficient (Wildman–Crippen LogP) is 3.47. The number of H-pyrrole nitrogens is 1. The fourth-order valence-corrected chi connectivity index (χ4v) is 3.04. The predicted molar refractivity (Wildman–Crippen MR) is 93.5 cm³/mol. The summed E-state index contributed by atoms with van der Waals surface area (Å²) in [7, 11) is 0. The molecule has 1 fully saturated rings. The summed E-state index contributed by atoms with van der Waals surface area (Å²) in [6.07, 6.45) is 5.81. The first-order chi connectivity index (χ1) is 11.6. The molecule has 0 radical (unpaired) electrons. The van der Waals surface area contributed by atoms with E-state index in [9.17, 15) is 4.79 Å². The molecule has 3 N–H and O–H groups in total. The normalized spacial score (nSPS) is 16.6. The maximum Gasteiger partial charge on any atom is 0.315 e. The number of aromatic nitrogens is 3. The number of carbonyl (C=O) groups excluding carboxylic acids is 1. The van der Waals surface area contributed by atoms with Gasteiger partial charge in [0.05, 0.1) is 6.04 Å². The van der Waals surface area contributed by atoms with Crippen LogP contribution in [0.15, 0.2) is 24.3 Å². The van der Waals surface area contributed by atoms with Crippen LogP contribution < -0.4 is 10.6 Å². The van der Waals surface area contributed by atoms with Gasteiger partial charge in [-0.15, -0.1) is 0 Å². The van der Waals surface area contributed by atoms with Crippen molar-refractivity contribution in [1.82, 2.24) is 25.8 Å². The van der Waals surface area contributed by atoms with Crippen LogP contribution in [0.25, 0.3) is 11.4 Å². The number of nitrogens with one attached hydrogen (secondary N) is 3. The zero-order valence-corrected chi connectivity index (χ0v) is 14.3. The minimum absolute atomic E-state index is 0.136. The summed E-state index contributed by atoms with van der Waals surface area (Å²) < 4.78 is 0. The van der Waals surface area contributed by atoms with E-state index in [1.165, 1.54) is 24.8 Å². The number of hydrogen-bond donors (Lipinski definition) is 3. The van der Waals surface area contributed by atoms with E-state index in [4.69, 9.17) is 0 Å². The van der Waals surface area contributed by atoms with Gasteiger partial charge in [0, 0.05) is 11.6 Å². The molecule has 1 saturated carbocycles. The van der Waals surface area contributed by atoms with Crippen molar-refractivity contribution < 1.29 is 4.79 Å². The van der Waals surface area contributed by atoms with E-state index >= 15 is 0 Å². The van der Waals surface area contributed by atoms with E-state index in [2.05, 4.69) is 25.8 Å². The van der Waals surface area contributed by atoms with E-state index in [1.54, 1.807) is 0 Å². The third-order valence-corrected chi connectivity index (χ3v) is 4.51. The van der Waals surface area contributed by atoms with E-state index in [0.717, 1.165) is 18.4 Å². The highest BCUT2D eigenvalue weighted by Gasteiger charge is 2.18. The third-order valence-electron chi connectivity index (χ3n) is 4.51. The number of nitrogens with zero attached hydrogens (tertiary/aromatic N) is 2. The van der Waals surface area contributed by atoms with Crippen LogP contribution in [0.3, 0.4) is 0 Å². The summed E-state index contributed by atoms with van der Waals surface area (Å²) in [6, 6.07) is 7.99. The second-order valence-electron chi connectivity index (χ2n) is 6.58. The molecule has 3 rings (SSSR count). The highest BCUT2D eigenvalue weighted by Crippen LogP contribution is 2.19. The molecule has 1 aromatic heterocycles. The summed E-state index contributed by atoms with van der Waals surface area (Å²) in [5.41, 5.74) is 2.16. The van der Waals surface area contributed by atoms with Crippen LogP contribution in [0, 0.1) is 6.92 Å². The Morgan fingerprint density at radius 1 is 1.21 bits per heavy atom. The SMILES string of the molecule is Cc1ccc(-c2n[nH]c([C@H](C)NC(=O)NC3CCCCC3)n2)cc1. The average molecular weight is 327 g/mol. The quantitative estimate of drug-likeness (QED) is 0.804. The summed E-state index contributed by atoms with van der Waals surface area (Å²) in [5.74, 6) is 1.30. The minimum atomic E-state index is -0.222. The van der Waals surface area contributed by atoms with Crippen molar-refractivity contribution in [2.75, 3.05) is 0 Å². The number of urea groups is 1. The molecule has 1 aliphatic rings. The number of benzene rings is 1. The molecular formula is C18H25N5O. The van der Waals surface area contributed by atoms with E-state index in [0.29, 0.717) is 17.7 Å². The Labute approximate surface area is 142 Å². The maximum absolute atomic E-state index is 12.1. The van der Waals surface area contributed by atoms with Crippen molar-refractivity contribution in [2.24, 2.45) is 0 Å². The topological polar surface area (TPSA) is 82.7 Å². The van der Waals surface area contributed by atoms with Gasteiger partial charge in [-0.25, -0.2) is 9.78 Å². The molecule has 128 valence electrons. The first-order valence-electron chi connectivity index (χ1n) is 8.68. The van der Waals surface area contributed by atoms with E-state index in [-0.39, 0.29) is 12.1 Å². The van der Waals surface area contributed by atoms with Crippen molar-refractivity contribution in [1.29, 1.82) is 0 Å². The van der Waals surface area contributed by atoms with Crippen LogP contribution in [-0.2, 0) is 0 Å². The van der Waals surface area contributed by atoms with Crippen molar-refractivity contribution in [3.63, 3.8) is 0 Å². The molecule has 24 heavy (non-hydrogen) atoms. The molecule has 6 heteroatoms. The Kier molecular flexibility index (Phi) is 5.13. The highest BCUT2D eigenvalue weighted by atomic mass is 16.2. The lowest BCUT2D eigenvalue weighted by molar-refractivity contribution is 0.229. The second-order valence-corrected chi connectivity index (χ2v) is 6.58. The first-order valence-corrected chi connectivity index (χ1v) is 8.68. The molecular weight excluding hydrogens is 302 g/mol. The summed E-state index contributed by atoms with van der Waals surface area (Å²) in [4.78, 5) is 16.6. The molecule has 1 heterocycles. The standard InChI is InChI=1S/C18H25N5O/c1-12-8-10-14(11-9-12)17-21-16(22-23-17)13(2)19-18(24)20-15-6-4-3-5-7-15/h8-11,13,15H,3-7H2,1-2H3,(H2,19,20,24)(H,21,22,23)/t13-/m0/s1. The number of amides is 2. The lowest BCUT2D eigenvalue weighted by Gasteiger charge is -2.23. The number of aryl methyl sites for hydroxylation is 1. The van der Waals surface area contributed by atoms with Crippen molar-refractivity contribution in [3.05, 3.63) is 35.7 Å². The zero-order chi connectivity index (χ0) is 16.9. The Hall–Kier alpha value is -2.37. The smallest absolute Gasteiger partial charge is 0.315 e. The van der Waals surface area contributed by atoms with Gasteiger partial charge in [0.2, 0.25) is 0 Å². The summed E-state index contributed by atoms with van der Waals surface area (Å²) >= 11 is 0. The van der Waals surface area contributed by atoms with Gasteiger partial charge in [0.25, 0.3) is 0 Å². The monoisotopic (exact) mass is 327 g/mol. The summed E-state index contributed by atoms with van der Waals surface area (Å²) in [5, 5.41) is 13.2. The van der Waals surface area contributed by atoms with Crippen LogP contribution in [-0.4, -0.2) is 27.3 Å². The average Bonchev–Trinajstić information content (AvgIpc) is 3.06. The minimum Gasteiger partial charge on any atom is -0.335 e. The van der Waals surface area contributed by atoms with E-state index in [1.807, 2.05) is 38.1 Å². The molecule has 0 unspecified atom stereocenters. The third kappa shape index (κ3) is 4.13. The van der Waals surface area contributed by atoms with Crippen molar-refractivity contribution in [2.45, 2.75) is 58.0 Å². The molecule has 0 saturated heterocycles. The Bertz CT molecular complexity index is 673. The molecule has 1 aliphatic carbocycles. The fraction of sp³-hybridized carbons (Fsp3) is 0.500. The molecule has 1 aromatic carbocycles. The van der Waals surface area contributed by atoms with Gasteiger partial charge in [0.15, 0.2) is 5.82 Å². The maximum atomic E-state index is 12.1. The Balaban J connectivity index is 1.57.